The molecule has 4 aromatic rings. The first kappa shape index (κ1) is 26.9. The maximum absolute atomic E-state index is 13.8. The average molecular weight is 556 g/mol. The van der Waals surface area contributed by atoms with Gasteiger partial charge in [0.15, 0.2) is 0 Å². The monoisotopic (exact) mass is 555 g/mol. The molecule has 3 aromatic carbocycles. The quantitative estimate of drug-likeness (QED) is 0.245. The average Bonchev–Trinajstić information content (AvgIpc) is 3.29. The summed E-state index contributed by atoms with van der Waals surface area (Å²) >= 11 is 1.61. The fraction of sp³-hybridized carbons (Fsp3) is 0.310. The van der Waals surface area contributed by atoms with Gasteiger partial charge in [-0.1, -0.05) is 18.0 Å². The van der Waals surface area contributed by atoms with Gasteiger partial charge in [-0.25, -0.2) is 17.3 Å². The highest BCUT2D eigenvalue weighted by atomic mass is 32.2. The predicted octanol–water partition coefficient (Wildman–Crippen LogP) is 6.71. The van der Waals surface area contributed by atoms with Crippen LogP contribution in [0.5, 0.6) is 0 Å². The first-order chi connectivity index (χ1) is 18.4. The minimum atomic E-state index is -1.44. The van der Waals surface area contributed by atoms with Crippen LogP contribution in [0.15, 0.2) is 70.0 Å². The maximum Gasteiger partial charge on any atom is 0.139 e. The SMILES string of the molecule is CNCc1c(-c2ccc(F)cc2)oc2cc(N(C)SC)c([C@@H]3CCCN(S(=O)c4cccc(F)c4)C3)cc12. The second-order valence-electron chi connectivity index (χ2n) is 9.47. The number of anilines is 1. The van der Waals surface area contributed by atoms with Gasteiger partial charge in [-0.2, -0.15) is 0 Å². The zero-order valence-corrected chi connectivity index (χ0v) is 23.3. The van der Waals surface area contributed by atoms with Gasteiger partial charge in [-0.15, -0.1) is 0 Å². The number of fused-ring (bicyclic) bond motifs is 1. The number of hydrogen-bond donors (Lipinski definition) is 1. The van der Waals surface area contributed by atoms with E-state index < -0.39 is 11.0 Å². The van der Waals surface area contributed by atoms with Crippen LogP contribution >= 0.6 is 11.9 Å². The highest BCUT2D eigenvalue weighted by Gasteiger charge is 2.29. The zero-order valence-electron chi connectivity index (χ0n) is 21.7. The second-order valence-corrected chi connectivity index (χ2v) is 11.9. The summed E-state index contributed by atoms with van der Waals surface area (Å²) in [5.74, 6) is 0.194. The van der Waals surface area contributed by atoms with Crippen molar-refractivity contribution in [1.29, 1.82) is 0 Å². The van der Waals surface area contributed by atoms with Gasteiger partial charge in [0.05, 0.1) is 10.6 Å². The number of benzene rings is 3. The standard InChI is InChI=1S/C29H31F2N3O2S2/c1-32-17-26-25-15-24(20-6-5-13-34(18-20)38(35)23-8-4-7-22(31)14-23)27(33(2)37-3)16-28(25)36-29(26)19-9-11-21(30)12-10-19/h4,7-12,14-16,20,32H,5-6,13,17-18H2,1-3H3/t20-,38?/m1/s1. The van der Waals surface area contributed by atoms with Crippen molar-refractivity contribution in [3.8, 4) is 11.3 Å². The second kappa shape index (κ2) is 11.6. The Morgan fingerprint density at radius 3 is 2.63 bits per heavy atom. The molecule has 1 unspecified atom stereocenters. The van der Waals surface area contributed by atoms with E-state index in [0.717, 1.165) is 46.4 Å². The van der Waals surface area contributed by atoms with Gasteiger partial charge in [0.1, 0.15) is 34.0 Å². The Hall–Kier alpha value is -2.72. The van der Waals surface area contributed by atoms with Crippen molar-refractivity contribution in [2.45, 2.75) is 30.2 Å². The van der Waals surface area contributed by atoms with Crippen molar-refractivity contribution >= 4 is 39.6 Å². The van der Waals surface area contributed by atoms with E-state index >= 15 is 0 Å². The van der Waals surface area contributed by atoms with Gasteiger partial charge in [0.25, 0.3) is 0 Å². The summed E-state index contributed by atoms with van der Waals surface area (Å²) in [5, 5.41) is 4.26. The molecule has 200 valence electrons. The molecule has 0 radical (unpaired) electrons. The number of halogens is 2. The molecule has 1 aliphatic heterocycles. The van der Waals surface area contributed by atoms with Gasteiger partial charge < -0.3 is 14.0 Å². The Kier molecular flexibility index (Phi) is 8.18. The van der Waals surface area contributed by atoms with Gasteiger partial charge >= 0.3 is 0 Å². The number of nitrogens with zero attached hydrogens (tertiary/aromatic N) is 2. The molecule has 1 aliphatic rings. The number of furan rings is 1. The molecule has 1 saturated heterocycles. The van der Waals surface area contributed by atoms with Gasteiger partial charge in [-0.05, 0) is 79.9 Å². The molecular formula is C29H31F2N3O2S2. The lowest BCUT2D eigenvalue weighted by molar-refractivity contribution is 0.331. The molecule has 5 nitrogen and oxygen atoms in total. The predicted molar refractivity (Wildman–Crippen MR) is 153 cm³/mol. The fourth-order valence-corrected chi connectivity index (χ4v) is 6.83. The van der Waals surface area contributed by atoms with Crippen LogP contribution in [-0.2, 0) is 17.5 Å². The molecule has 1 N–H and O–H groups in total. The summed E-state index contributed by atoms with van der Waals surface area (Å²) in [6.45, 7) is 1.89. The van der Waals surface area contributed by atoms with E-state index in [2.05, 4.69) is 21.8 Å². The van der Waals surface area contributed by atoms with Crippen LogP contribution in [0.4, 0.5) is 14.5 Å². The van der Waals surface area contributed by atoms with Crippen LogP contribution < -0.4 is 9.62 Å². The summed E-state index contributed by atoms with van der Waals surface area (Å²) in [5.41, 5.74) is 4.82. The smallest absolute Gasteiger partial charge is 0.139 e. The summed E-state index contributed by atoms with van der Waals surface area (Å²) in [6, 6.07) is 16.7. The van der Waals surface area contributed by atoms with Crippen LogP contribution in [0.3, 0.4) is 0 Å². The molecule has 0 amide bonds. The van der Waals surface area contributed by atoms with Crippen molar-refractivity contribution in [3.05, 3.63) is 83.4 Å². The molecule has 2 atom stereocenters. The van der Waals surface area contributed by atoms with Crippen LogP contribution in [0.1, 0.15) is 29.9 Å². The highest BCUT2D eigenvalue weighted by molar-refractivity contribution is 7.99. The van der Waals surface area contributed by atoms with Crippen LogP contribution in [-0.4, -0.2) is 42.0 Å². The van der Waals surface area contributed by atoms with Crippen molar-refractivity contribution < 1.29 is 17.4 Å². The molecule has 5 rings (SSSR count). The van der Waals surface area contributed by atoms with Crippen LogP contribution in [0, 0.1) is 11.6 Å². The largest absolute Gasteiger partial charge is 0.456 e. The van der Waals surface area contributed by atoms with Crippen molar-refractivity contribution in [3.63, 3.8) is 0 Å². The van der Waals surface area contributed by atoms with Crippen molar-refractivity contribution in [2.24, 2.45) is 0 Å². The molecule has 0 aliphatic carbocycles. The number of nitrogens with one attached hydrogen (secondary N) is 1. The van der Waals surface area contributed by atoms with E-state index in [1.807, 2.05) is 24.7 Å². The van der Waals surface area contributed by atoms with Crippen molar-refractivity contribution in [1.82, 2.24) is 9.62 Å². The Labute approximate surface area is 228 Å². The molecule has 2 heterocycles. The summed E-state index contributed by atoms with van der Waals surface area (Å²) in [6.07, 6.45) is 3.88. The normalized spacial score (nSPS) is 17.1. The number of rotatable bonds is 8. The summed E-state index contributed by atoms with van der Waals surface area (Å²) < 4.78 is 51.2. The summed E-state index contributed by atoms with van der Waals surface area (Å²) in [4.78, 5) is 0.484. The fourth-order valence-electron chi connectivity index (χ4n) is 5.16. The Balaban J connectivity index is 1.57. The van der Waals surface area contributed by atoms with Gasteiger partial charge in [0.2, 0.25) is 0 Å². The van der Waals surface area contributed by atoms with Crippen molar-refractivity contribution in [2.75, 3.05) is 37.7 Å². The lowest BCUT2D eigenvalue weighted by Gasteiger charge is -2.34. The molecule has 9 heteroatoms. The van der Waals surface area contributed by atoms with Crippen LogP contribution in [0.25, 0.3) is 22.3 Å². The first-order valence-electron chi connectivity index (χ1n) is 12.6. The third kappa shape index (κ3) is 5.38. The number of piperidine rings is 1. The molecule has 38 heavy (non-hydrogen) atoms. The number of hydrogen-bond acceptors (Lipinski definition) is 5. The van der Waals surface area contributed by atoms with E-state index in [1.165, 1.54) is 29.8 Å². The molecule has 1 fully saturated rings. The molecule has 0 saturated carbocycles. The third-order valence-electron chi connectivity index (χ3n) is 7.07. The molecule has 0 spiro atoms. The minimum Gasteiger partial charge on any atom is -0.456 e. The Morgan fingerprint density at radius 2 is 1.92 bits per heavy atom. The topological polar surface area (TPSA) is 48.7 Å². The lowest BCUT2D eigenvalue weighted by atomic mass is 9.89. The maximum atomic E-state index is 13.8. The van der Waals surface area contributed by atoms with E-state index in [-0.39, 0.29) is 17.6 Å². The molecule has 0 bridgehead atoms. The van der Waals surface area contributed by atoms with E-state index in [9.17, 15) is 13.0 Å². The van der Waals surface area contributed by atoms with Crippen LogP contribution in [0.2, 0.25) is 0 Å². The third-order valence-corrected chi connectivity index (χ3v) is 9.27. The molecule has 1 aromatic heterocycles. The molecular weight excluding hydrogens is 524 g/mol. The highest BCUT2D eigenvalue weighted by Crippen LogP contribution is 2.42. The van der Waals surface area contributed by atoms with E-state index in [1.54, 1.807) is 36.2 Å². The summed E-state index contributed by atoms with van der Waals surface area (Å²) in [7, 11) is 2.48. The van der Waals surface area contributed by atoms with Gasteiger partial charge in [0, 0.05) is 55.5 Å². The Bertz CT molecular complexity index is 1460. The van der Waals surface area contributed by atoms with Gasteiger partial charge in [-0.3, -0.25) is 0 Å². The first-order valence-corrected chi connectivity index (χ1v) is 14.9. The zero-order chi connectivity index (χ0) is 26.8. The Morgan fingerprint density at radius 1 is 1.13 bits per heavy atom. The van der Waals surface area contributed by atoms with E-state index in [0.29, 0.717) is 24.5 Å². The minimum absolute atomic E-state index is 0.141. The lowest BCUT2D eigenvalue weighted by Crippen LogP contribution is -2.36. The van der Waals surface area contributed by atoms with E-state index in [4.69, 9.17) is 4.42 Å².